The van der Waals surface area contributed by atoms with Crippen LogP contribution in [-0.4, -0.2) is 23.8 Å². The lowest BCUT2D eigenvalue weighted by Gasteiger charge is -1.99. The predicted octanol–water partition coefficient (Wildman–Crippen LogP) is 2.72. The van der Waals surface area contributed by atoms with Crippen LogP contribution in [0.2, 0.25) is 0 Å². The Morgan fingerprint density at radius 3 is 2.78 bits per heavy atom. The molecular formula is C14H15NO3. The van der Waals surface area contributed by atoms with Crippen molar-refractivity contribution in [2.24, 2.45) is 0 Å². The first-order valence-corrected chi connectivity index (χ1v) is 5.98. The summed E-state index contributed by atoms with van der Waals surface area (Å²) in [4.78, 5) is 26.0. The minimum atomic E-state index is -0.488. The van der Waals surface area contributed by atoms with Gasteiger partial charge in [-0.1, -0.05) is 25.1 Å². The van der Waals surface area contributed by atoms with E-state index in [9.17, 15) is 9.59 Å². The van der Waals surface area contributed by atoms with Crippen LogP contribution in [0.3, 0.4) is 0 Å². The third-order valence-electron chi connectivity index (χ3n) is 2.94. The van der Waals surface area contributed by atoms with E-state index in [1.165, 1.54) is 0 Å². The number of aldehydes is 1. The third-order valence-corrected chi connectivity index (χ3v) is 2.94. The lowest BCUT2D eigenvalue weighted by molar-refractivity contribution is 0.0518. The lowest BCUT2D eigenvalue weighted by Crippen LogP contribution is -2.07. The molecular weight excluding hydrogens is 230 g/mol. The quantitative estimate of drug-likeness (QED) is 0.665. The van der Waals surface area contributed by atoms with Gasteiger partial charge in [-0.3, -0.25) is 4.79 Å². The molecule has 0 saturated carbocycles. The van der Waals surface area contributed by atoms with Crippen LogP contribution >= 0.6 is 0 Å². The van der Waals surface area contributed by atoms with Gasteiger partial charge in [0.25, 0.3) is 0 Å². The van der Waals surface area contributed by atoms with Crippen molar-refractivity contribution in [3.63, 3.8) is 0 Å². The number of ether oxygens (including phenoxy) is 1. The highest BCUT2D eigenvalue weighted by molar-refractivity contribution is 6.08. The van der Waals surface area contributed by atoms with Gasteiger partial charge in [0.05, 0.1) is 12.2 Å². The summed E-state index contributed by atoms with van der Waals surface area (Å²) in [6, 6.07) is 5.69. The highest BCUT2D eigenvalue weighted by Gasteiger charge is 2.19. The van der Waals surface area contributed by atoms with Gasteiger partial charge in [-0.15, -0.1) is 0 Å². The Kier molecular flexibility index (Phi) is 3.46. The first-order valence-electron chi connectivity index (χ1n) is 5.98. The first kappa shape index (κ1) is 12.4. The van der Waals surface area contributed by atoms with Gasteiger partial charge >= 0.3 is 5.97 Å². The molecule has 0 fully saturated rings. The Hall–Kier alpha value is -2.10. The monoisotopic (exact) mass is 245 g/mol. The summed E-state index contributed by atoms with van der Waals surface area (Å²) in [6.07, 6.45) is 1.53. The second kappa shape index (κ2) is 5.04. The SMILES string of the molecule is CCOC(=O)c1[nH]c2c(CC)cccc2c1C=O. The summed E-state index contributed by atoms with van der Waals surface area (Å²) in [5.41, 5.74) is 2.53. The molecule has 0 atom stereocenters. The van der Waals surface area contributed by atoms with Crippen LogP contribution in [-0.2, 0) is 11.2 Å². The number of hydrogen-bond acceptors (Lipinski definition) is 3. The second-order valence-electron chi connectivity index (χ2n) is 3.95. The molecule has 0 aliphatic carbocycles. The number of aromatic amines is 1. The Morgan fingerprint density at radius 1 is 1.39 bits per heavy atom. The molecule has 0 bridgehead atoms. The predicted molar refractivity (Wildman–Crippen MR) is 69.0 cm³/mol. The normalized spacial score (nSPS) is 10.6. The maximum Gasteiger partial charge on any atom is 0.355 e. The van der Waals surface area contributed by atoms with Gasteiger partial charge in [0.15, 0.2) is 6.29 Å². The van der Waals surface area contributed by atoms with Crippen LogP contribution < -0.4 is 0 Å². The average molecular weight is 245 g/mol. The fraction of sp³-hybridized carbons (Fsp3) is 0.286. The Balaban J connectivity index is 2.67. The number of aryl methyl sites for hydroxylation is 1. The van der Waals surface area contributed by atoms with E-state index in [0.717, 1.165) is 22.9 Å². The van der Waals surface area contributed by atoms with Gasteiger partial charge in [-0.25, -0.2) is 4.79 Å². The summed E-state index contributed by atoms with van der Waals surface area (Å²) in [5.74, 6) is -0.488. The van der Waals surface area contributed by atoms with Crippen molar-refractivity contribution in [3.05, 3.63) is 35.0 Å². The molecule has 1 aromatic carbocycles. The van der Waals surface area contributed by atoms with Crippen molar-refractivity contribution >= 4 is 23.2 Å². The van der Waals surface area contributed by atoms with Crippen molar-refractivity contribution in [2.45, 2.75) is 20.3 Å². The number of aromatic nitrogens is 1. The van der Waals surface area contributed by atoms with Gasteiger partial charge in [-0.05, 0) is 18.9 Å². The molecule has 0 unspecified atom stereocenters. The zero-order valence-corrected chi connectivity index (χ0v) is 10.4. The number of rotatable bonds is 4. The summed E-state index contributed by atoms with van der Waals surface area (Å²) < 4.78 is 4.94. The molecule has 4 heteroatoms. The van der Waals surface area contributed by atoms with Gasteiger partial charge in [0.2, 0.25) is 0 Å². The van der Waals surface area contributed by atoms with Crippen LogP contribution in [0.15, 0.2) is 18.2 Å². The van der Waals surface area contributed by atoms with Crippen molar-refractivity contribution in [1.82, 2.24) is 4.98 Å². The standard InChI is InChI=1S/C14H15NO3/c1-3-9-6-5-7-10-11(8-16)13(15-12(9)10)14(17)18-4-2/h5-8,15H,3-4H2,1-2H3. The molecule has 1 aromatic heterocycles. The maximum atomic E-state index is 11.8. The molecule has 18 heavy (non-hydrogen) atoms. The van der Waals surface area contributed by atoms with Crippen LogP contribution in [0.5, 0.6) is 0 Å². The number of hydrogen-bond donors (Lipinski definition) is 1. The lowest BCUT2D eigenvalue weighted by atomic mass is 10.1. The number of benzene rings is 1. The smallest absolute Gasteiger partial charge is 0.355 e. The third kappa shape index (κ3) is 1.90. The number of fused-ring (bicyclic) bond motifs is 1. The average Bonchev–Trinajstić information content (AvgIpc) is 2.77. The van der Waals surface area contributed by atoms with Crippen LogP contribution in [0.25, 0.3) is 10.9 Å². The van der Waals surface area contributed by atoms with Crippen LogP contribution in [0, 0.1) is 0 Å². The van der Waals surface area contributed by atoms with Gasteiger partial charge in [0.1, 0.15) is 5.69 Å². The molecule has 4 nitrogen and oxygen atoms in total. The van der Waals surface area contributed by atoms with E-state index in [4.69, 9.17) is 4.74 Å². The Bertz CT molecular complexity index is 598. The van der Waals surface area contributed by atoms with Crippen LogP contribution in [0.1, 0.15) is 40.3 Å². The minimum Gasteiger partial charge on any atom is -0.461 e. The zero-order valence-electron chi connectivity index (χ0n) is 10.4. The van der Waals surface area contributed by atoms with Crippen molar-refractivity contribution in [2.75, 3.05) is 6.61 Å². The molecule has 94 valence electrons. The molecule has 2 rings (SSSR count). The van der Waals surface area contributed by atoms with Crippen molar-refractivity contribution < 1.29 is 14.3 Å². The number of carbonyl (C=O) groups is 2. The fourth-order valence-electron chi connectivity index (χ4n) is 2.08. The van der Waals surface area contributed by atoms with Crippen molar-refractivity contribution in [1.29, 1.82) is 0 Å². The number of esters is 1. The largest absolute Gasteiger partial charge is 0.461 e. The molecule has 0 radical (unpaired) electrons. The molecule has 1 N–H and O–H groups in total. The molecule has 0 aliphatic rings. The maximum absolute atomic E-state index is 11.8. The summed E-state index contributed by atoms with van der Waals surface area (Å²) in [7, 11) is 0. The summed E-state index contributed by atoms with van der Waals surface area (Å²) in [5, 5.41) is 0.771. The number of H-pyrrole nitrogens is 1. The second-order valence-corrected chi connectivity index (χ2v) is 3.95. The van der Waals surface area contributed by atoms with Gasteiger partial charge < -0.3 is 9.72 Å². The number of nitrogens with one attached hydrogen (secondary N) is 1. The van der Waals surface area contributed by atoms with Gasteiger partial charge in [-0.2, -0.15) is 0 Å². The van der Waals surface area contributed by atoms with E-state index in [-0.39, 0.29) is 12.3 Å². The topological polar surface area (TPSA) is 59.2 Å². The minimum absolute atomic E-state index is 0.239. The first-order chi connectivity index (χ1) is 8.72. The zero-order chi connectivity index (χ0) is 13.1. The fourth-order valence-corrected chi connectivity index (χ4v) is 2.08. The van der Waals surface area contributed by atoms with Gasteiger partial charge in [0, 0.05) is 10.9 Å². The summed E-state index contributed by atoms with van der Waals surface area (Å²) >= 11 is 0. The molecule has 1 heterocycles. The van der Waals surface area contributed by atoms with Crippen molar-refractivity contribution in [3.8, 4) is 0 Å². The highest BCUT2D eigenvalue weighted by Crippen LogP contribution is 2.25. The summed E-state index contributed by atoms with van der Waals surface area (Å²) in [6.45, 7) is 4.05. The molecule has 0 saturated heterocycles. The molecule has 0 amide bonds. The van der Waals surface area contributed by atoms with E-state index < -0.39 is 5.97 Å². The van der Waals surface area contributed by atoms with E-state index in [0.29, 0.717) is 11.8 Å². The molecule has 0 aliphatic heterocycles. The van der Waals surface area contributed by atoms with E-state index >= 15 is 0 Å². The van der Waals surface area contributed by atoms with E-state index in [1.54, 1.807) is 6.92 Å². The molecule has 0 spiro atoms. The number of carbonyl (C=O) groups excluding carboxylic acids is 2. The Labute approximate surface area is 105 Å². The van der Waals surface area contributed by atoms with E-state index in [1.807, 2.05) is 25.1 Å². The van der Waals surface area contributed by atoms with E-state index in [2.05, 4.69) is 4.98 Å². The Morgan fingerprint density at radius 2 is 2.17 bits per heavy atom. The van der Waals surface area contributed by atoms with Crippen LogP contribution in [0.4, 0.5) is 0 Å². The molecule has 2 aromatic rings. The highest BCUT2D eigenvalue weighted by atomic mass is 16.5. The number of para-hydroxylation sites is 1.